The molecule has 0 aliphatic heterocycles. The first kappa shape index (κ1) is 17.0. The summed E-state index contributed by atoms with van der Waals surface area (Å²) in [7, 11) is 0. The lowest BCUT2D eigenvalue weighted by atomic mass is 10.1. The number of anilines is 1. The number of amides is 1. The van der Waals surface area contributed by atoms with E-state index in [1.807, 2.05) is 49.4 Å². The summed E-state index contributed by atoms with van der Waals surface area (Å²) in [6.45, 7) is 1.84. The summed E-state index contributed by atoms with van der Waals surface area (Å²) in [6, 6.07) is 17.2. The minimum absolute atomic E-state index is 0.160. The minimum atomic E-state index is -0.160. The van der Waals surface area contributed by atoms with Crippen LogP contribution in [0, 0.1) is 0 Å². The molecule has 6 heteroatoms. The fourth-order valence-electron chi connectivity index (χ4n) is 2.30. The summed E-state index contributed by atoms with van der Waals surface area (Å²) in [5, 5.41) is 5.21. The van der Waals surface area contributed by atoms with E-state index in [-0.39, 0.29) is 11.7 Å². The number of hydrazone groups is 1. The Morgan fingerprint density at radius 3 is 2.72 bits per heavy atom. The van der Waals surface area contributed by atoms with E-state index in [1.54, 1.807) is 18.3 Å². The van der Waals surface area contributed by atoms with Crippen molar-refractivity contribution >= 4 is 40.0 Å². The van der Waals surface area contributed by atoms with Crippen molar-refractivity contribution in [2.24, 2.45) is 5.10 Å². The Hall–Kier alpha value is -2.86. The fourth-order valence-corrected chi connectivity index (χ4v) is 3.14. The molecule has 0 aliphatic carbocycles. The standard InChI is InChI=1S/C19H18N4OS/c1-13(14-7-9-16(20)10-8-14)22-23-18(24)12-25-17-6-2-4-15-5-3-11-21-19(15)17/h2-11H,12,20H2,1H3,(H,23,24)/b22-13-. The molecule has 0 bridgehead atoms. The van der Waals surface area contributed by atoms with E-state index in [2.05, 4.69) is 15.5 Å². The molecule has 25 heavy (non-hydrogen) atoms. The van der Waals surface area contributed by atoms with Crippen molar-refractivity contribution in [1.82, 2.24) is 10.4 Å². The van der Waals surface area contributed by atoms with Gasteiger partial charge in [-0.3, -0.25) is 9.78 Å². The maximum absolute atomic E-state index is 12.1. The van der Waals surface area contributed by atoms with Gasteiger partial charge in [0.2, 0.25) is 5.91 Å². The van der Waals surface area contributed by atoms with E-state index in [0.29, 0.717) is 5.69 Å². The number of pyridine rings is 1. The molecule has 126 valence electrons. The molecule has 0 atom stereocenters. The molecule has 3 rings (SSSR count). The highest BCUT2D eigenvalue weighted by atomic mass is 32.2. The van der Waals surface area contributed by atoms with Crippen LogP contribution in [0.4, 0.5) is 5.69 Å². The predicted octanol–water partition coefficient (Wildman–Crippen LogP) is 3.45. The summed E-state index contributed by atoms with van der Waals surface area (Å²) >= 11 is 1.45. The Bertz CT molecular complexity index is 917. The number of para-hydroxylation sites is 1. The smallest absolute Gasteiger partial charge is 0.250 e. The number of carbonyl (C=O) groups excluding carboxylic acids is 1. The maximum Gasteiger partial charge on any atom is 0.250 e. The highest BCUT2D eigenvalue weighted by molar-refractivity contribution is 8.00. The fraction of sp³-hybridized carbons (Fsp3) is 0.105. The van der Waals surface area contributed by atoms with Crippen LogP contribution in [0.15, 0.2) is 70.8 Å². The largest absolute Gasteiger partial charge is 0.399 e. The Morgan fingerprint density at radius 2 is 1.92 bits per heavy atom. The zero-order valence-electron chi connectivity index (χ0n) is 13.8. The molecule has 0 saturated carbocycles. The quantitative estimate of drug-likeness (QED) is 0.320. The lowest BCUT2D eigenvalue weighted by molar-refractivity contribution is -0.118. The van der Waals surface area contributed by atoms with Crippen molar-refractivity contribution in [3.63, 3.8) is 0 Å². The van der Waals surface area contributed by atoms with Crippen LogP contribution in [0.2, 0.25) is 0 Å². The van der Waals surface area contributed by atoms with Gasteiger partial charge in [0.1, 0.15) is 0 Å². The lowest BCUT2D eigenvalue weighted by Gasteiger charge is -2.05. The van der Waals surface area contributed by atoms with Gasteiger partial charge in [-0.25, -0.2) is 5.43 Å². The molecule has 0 saturated heterocycles. The van der Waals surface area contributed by atoms with Crippen LogP contribution in [0.1, 0.15) is 12.5 Å². The topological polar surface area (TPSA) is 80.4 Å². The van der Waals surface area contributed by atoms with Gasteiger partial charge in [-0.1, -0.05) is 30.3 Å². The van der Waals surface area contributed by atoms with Gasteiger partial charge in [0, 0.05) is 22.2 Å². The second kappa shape index (κ2) is 7.81. The maximum atomic E-state index is 12.1. The number of carbonyl (C=O) groups is 1. The van der Waals surface area contributed by atoms with E-state index < -0.39 is 0 Å². The van der Waals surface area contributed by atoms with E-state index in [1.165, 1.54) is 11.8 Å². The summed E-state index contributed by atoms with van der Waals surface area (Å²) in [6.07, 6.45) is 1.76. The normalized spacial score (nSPS) is 11.5. The van der Waals surface area contributed by atoms with Gasteiger partial charge in [0.15, 0.2) is 0 Å². The van der Waals surface area contributed by atoms with Crippen LogP contribution in [-0.2, 0) is 4.79 Å². The number of fused-ring (bicyclic) bond motifs is 1. The summed E-state index contributed by atoms with van der Waals surface area (Å²) in [5.74, 6) is 0.113. The SMILES string of the molecule is C/C(=N/NC(=O)CSc1cccc2cccnc12)c1ccc(N)cc1. The van der Waals surface area contributed by atoms with E-state index in [0.717, 1.165) is 27.1 Å². The Morgan fingerprint density at radius 1 is 1.16 bits per heavy atom. The van der Waals surface area contributed by atoms with Crippen LogP contribution < -0.4 is 11.2 Å². The van der Waals surface area contributed by atoms with Crippen molar-refractivity contribution in [3.05, 3.63) is 66.4 Å². The van der Waals surface area contributed by atoms with Gasteiger partial charge >= 0.3 is 0 Å². The lowest BCUT2D eigenvalue weighted by Crippen LogP contribution is -2.21. The van der Waals surface area contributed by atoms with E-state index >= 15 is 0 Å². The van der Waals surface area contributed by atoms with Crippen LogP contribution in [0.3, 0.4) is 0 Å². The molecule has 0 spiro atoms. The molecule has 1 heterocycles. The number of benzene rings is 2. The second-order valence-electron chi connectivity index (χ2n) is 5.47. The van der Waals surface area contributed by atoms with Gasteiger partial charge in [0.25, 0.3) is 0 Å². The third-order valence-corrected chi connectivity index (χ3v) is 4.68. The molecule has 3 N–H and O–H groups in total. The van der Waals surface area contributed by atoms with Gasteiger partial charge in [-0.2, -0.15) is 5.10 Å². The van der Waals surface area contributed by atoms with Crippen molar-refractivity contribution < 1.29 is 4.79 Å². The predicted molar refractivity (Wildman–Crippen MR) is 104 cm³/mol. The van der Waals surface area contributed by atoms with E-state index in [4.69, 9.17) is 5.73 Å². The highest BCUT2D eigenvalue weighted by Gasteiger charge is 2.06. The number of thioether (sulfide) groups is 1. The molecule has 0 fully saturated rings. The van der Waals surface area contributed by atoms with Gasteiger partial charge in [-0.15, -0.1) is 11.8 Å². The molecule has 1 amide bonds. The Labute approximate surface area is 150 Å². The summed E-state index contributed by atoms with van der Waals surface area (Å²) in [5.41, 5.74) is 11.5. The number of rotatable bonds is 5. The molecule has 5 nitrogen and oxygen atoms in total. The average Bonchev–Trinajstić information content (AvgIpc) is 2.65. The number of nitrogens with zero attached hydrogens (tertiary/aromatic N) is 2. The first-order valence-corrected chi connectivity index (χ1v) is 8.77. The first-order valence-electron chi connectivity index (χ1n) is 7.79. The average molecular weight is 350 g/mol. The van der Waals surface area contributed by atoms with E-state index in [9.17, 15) is 4.79 Å². The number of aromatic nitrogens is 1. The molecule has 0 radical (unpaired) electrons. The van der Waals surface area contributed by atoms with Crippen molar-refractivity contribution in [2.75, 3.05) is 11.5 Å². The van der Waals surface area contributed by atoms with Crippen LogP contribution in [0.25, 0.3) is 10.9 Å². The van der Waals surface area contributed by atoms with Crippen molar-refractivity contribution in [1.29, 1.82) is 0 Å². The monoisotopic (exact) mass is 350 g/mol. The zero-order valence-corrected chi connectivity index (χ0v) is 14.6. The van der Waals surface area contributed by atoms with Crippen molar-refractivity contribution in [2.45, 2.75) is 11.8 Å². The molecular weight excluding hydrogens is 332 g/mol. The minimum Gasteiger partial charge on any atom is -0.399 e. The third kappa shape index (κ3) is 4.36. The molecule has 2 aromatic carbocycles. The van der Waals surface area contributed by atoms with Gasteiger partial charge < -0.3 is 5.73 Å². The summed E-state index contributed by atoms with van der Waals surface area (Å²) in [4.78, 5) is 17.4. The number of hydrogen-bond acceptors (Lipinski definition) is 5. The zero-order chi connectivity index (χ0) is 17.6. The number of nitrogens with one attached hydrogen (secondary N) is 1. The number of hydrogen-bond donors (Lipinski definition) is 2. The molecule has 0 unspecified atom stereocenters. The first-order chi connectivity index (χ1) is 12.1. The van der Waals surface area contributed by atoms with Crippen LogP contribution >= 0.6 is 11.8 Å². The van der Waals surface area contributed by atoms with Gasteiger partial charge in [-0.05, 0) is 36.8 Å². The van der Waals surface area contributed by atoms with Crippen molar-refractivity contribution in [3.8, 4) is 0 Å². The Kier molecular flexibility index (Phi) is 5.30. The highest BCUT2D eigenvalue weighted by Crippen LogP contribution is 2.25. The third-order valence-electron chi connectivity index (χ3n) is 3.63. The second-order valence-corrected chi connectivity index (χ2v) is 6.49. The number of nitrogens with two attached hydrogens (primary N) is 1. The molecule has 3 aromatic rings. The Balaban J connectivity index is 1.61. The summed E-state index contributed by atoms with van der Waals surface area (Å²) < 4.78 is 0. The number of nitrogen functional groups attached to an aromatic ring is 1. The molecular formula is C19H18N4OS. The molecule has 1 aromatic heterocycles. The van der Waals surface area contributed by atoms with Crippen LogP contribution in [-0.4, -0.2) is 22.4 Å². The molecule has 0 aliphatic rings. The van der Waals surface area contributed by atoms with Gasteiger partial charge in [0.05, 0.1) is 17.0 Å². The van der Waals surface area contributed by atoms with Crippen LogP contribution in [0.5, 0.6) is 0 Å².